The Balaban J connectivity index is 2.10. The molecule has 3 aliphatic rings. The van der Waals surface area contributed by atoms with E-state index in [1.165, 1.54) is 24.8 Å². The van der Waals surface area contributed by atoms with Crippen molar-refractivity contribution < 1.29 is 9.53 Å². The zero-order chi connectivity index (χ0) is 24.9. The third-order valence-electron chi connectivity index (χ3n) is 8.95. The van der Waals surface area contributed by atoms with E-state index in [2.05, 4.69) is 85.9 Å². The summed E-state index contributed by atoms with van der Waals surface area (Å²) in [4.78, 5) is 13.2. The van der Waals surface area contributed by atoms with Crippen molar-refractivity contribution in [3.63, 3.8) is 0 Å². The number of carbonyl (C=O) groups excluding carboxylic acids is 1. The van der Waals surface area contributed by atoms with E-state index in [0.29, 0.717) is 23.8 Å². The summed E-state index contributed by atoms with van der Waals surface area (Å²) in [6.07, 6.45) is 16.1. The van der Waals surface area contributed by atoms with Gasteiger partial charge in [-0.3, -0.25) is 0 Å². The van der Waals surface area contributed by atoms with E-state index in [1.54, 1.807) is 0 Å². The summed E-state index contributed by atoms with van der Waals surface area (Å²) in [5, 5.41) is 0. The van der Waals surface area contributed by atoms with Crippen molar-refractivity contribution in [2.24, 2.45) is 28.6 Å². The van der Waals surface area contributed by atoms with E-state index >= 15 is 0 Å². The van der Waals surface area contributed by atoms with Gasteiger partial charge in [0.25, 0.3) is 0 Å². The highest BCUT2D eigenvalue weighted by atomic mass is 16.6. The maximum absolute atomic E-state index is 13.2. The molecule has 0 aromatic carbocycles. The SMILES string of the molecule is C=C(CC/C(=C\C)CC(C)(C)CC)C(=O)OC(C)(C)C12CC=C=CC(C)CC(CC1)CC2C. The first-order valence-corrected chi connectivity index (χ1v) is 13.3. The number of hydrogen-bond donors (Lipinski definition) is 0. The van der Waals surface area contributed by atoms with E-state index in [4.69, 9.17) is 4.74 Å². The lowest BCUT2D eigenvalue weighted by molar-refractivity contribution is -0.178. The Kier molecular flexibility index (Phi) is 9.46. The standard InChI is InChI=1S/C31H50O2/c1-10-26(22-29(6,7)11-2)16-15-24(4)28(32)33-30(8,9)31-18-13-12-14-23(3)20-27(17-19-31)21-25(31)5/h10,13-14,23,25,27H,4,11,15-22H2,1-3,5-9H3/b26-10+. The summed E-state index contributed by atoms with van der Waals surface area (Å²) in [5.41, 5.74) is 5.11. The maximum atomic E-state index is 13.2. The van der Waals surface area contributed by atoms with Crippen LogP contribution in [-0.4, -0.2) is 11.6 Å². The van der Waals surface area contributed by atoms with Crippen LogP contribution >= 0.6 is 0 Å². The number of rotatable bonds is 9. The molecule has 1 saturated carbocycles. The van der Waals surface area contributed by atoms with Crippen LogP contribution in [-0.2, 0) is 9.53 Å². The van der Waals surface area contributed by atoms with E-state index in [-0.39, 0.29) is 16.8 Å². The Hall–Kier alpha value is -1.53. The molecule has 3 aliphatic carbocycles. The van der Waals surface area contributed by atoms with Crippen molar-refractivity contribution in [2.75, 3.05) is 0 Å². The van der Waals surface area contributed by atoms with Gasteiger partial charge in [-0.15, -0.1) is 5.73 Å². The van der Waals surface area contributed by atoms with Crippen LogP contribution in [0.15, 0.2) is 41.7 Å². The predicted molar refractivity (Wildman–Crippen MR) is 141 cm³/mol. The van der Waals surface area contributed by atoms with Gasteiger partial charge in [0.1, 0.15) is 5.60 Å². The molecule has 2 heteroatoms. The van der Waals surface area contributed by atoms with Gasteiger partial charge in [0, 0.05) is 11.0 Å². The molecule has 0 aromatic rings. The fourth-order valence-corrected chi connectivity index (χ4v) is 6.17. The number of ether oxygens (including phenoxy) is 1. The maximum Gasteiger partial charge on any atom is 0.333 e. The highest BCUT2D eigenvalue weighted by molar-refractivity contribution is 5.88. The Labute approximate surface area is 204 Å². The molecule has 0 aliphatic heterocycles. The molecule has 4 atom stereocenters. The summed E-state index contributed by atoms with van der Waals surface area (Å²) in [6, 6.07) is 0. The van der Waals surface area contributed by atoms with Crippen LogP contribution in [0, 0.1) is 28.6 Å². The minimum Gasteiger partial charge on any atom is -0.456 e. The van der Waals surface area contributed by atoms with Gasteiger partial charge in [0.15, 0.2) is 0 Å². The van der Waals surface area contributed by atoms with E-state index in [1.807, 2.05) is 0 Å². The first kappa shape index (κ1) is 27.7. The van der Waals surface area contributed by atoms with Crippen LogP contribution in [0.1, 0.15) is 113 Å². The Morgan fingerprint density at radius 2 is 1.91 bits per heavy atom. The van der Waals surface area contributed by atoms with Crippen LogP contribution < -0.4 is 0 Å². The Morgan fingerprint density at radius 1 is 1.21 bits per heavy atom. The van der Waals surface area contributed by atoms with Gasteiger partial charge in [-0.2, -0.15) is 0 Å². The summed E-state index contributed by atoms with van der Waals surface area (Å²) in [5.74, 6) is 1.62. The number of hydrogen-bond acceptors (Lipinski definition) is 2. The lowest BCUT2D eigenvalue weighted by Gasteiger charge is -2.53. The van der Waals surface area contributed by atoms with Gasteiger partial charge in [0.2, 0.25) is 0 Å². The van der Waals surface area contributed by atoms with Crippen LogP contribution in [0.5, 0.6) is 0 Å². The molecule has 33 heavy (non-hydrogen) atoms. The number of esters is 1. The van der Waals surface area contributed by atoms with Gasteiger partial charge in [-0.1, -0.05) is 59.3 Å². The Bertz CT molecular complexity index is 790. The molecule has 0 spiro atoms. The largest absolute Gasteiger partial charge is 0.456 e. The average molecular weight is 455 g/mol. The summed E-state index contributed by atoms with van der Waals surface area (Å²) in [6.45, 7) is 22.0. The molecule has 0 saturated heterocycles. The molecule has 0 amide bonds. The van der Waals surface area contributed by atoms with Gasteiger partial charge >= 0.3 is 5.97 Å². The number of allylic oxidation sites excluding steroid dienone is 3. The second kappa shape index (κ2) is 11.3. The first-order valence-electron chi connectivity index (χ1n) is 13.3. The molecule has 2 bridgehead atoms. The van der Waals surface area contributed by atoms with Crippen LogP contribution in [0.3, 0.4) is 0 Å². The lowest BCUT2D eigenvalue weighted by atomic mass is 9.54. The molecule has 4 unspecified atom stereocenters. The van der Waals surface area contributed by atoms with Crippen LogP contribution in [0.4, 0.5) is 0 Å². The summed E-state index contributed by atoms with van der Waals surface area (Å²) >= 11 is 0. The fourth-order valence-electron chi connectivity index (χ4n) is 6.17. The van der Waals surface area contributed by atoms with E-state index in [9.17, 15) is 4.79 Å². The molecular weight excluding hydrogens is 404 g/mol. The van der Waals surface area contributed by atoms with Crippen molar-refractivity contribution in [3.8, 4) is 0 Å². The topological polar surface area (TPSA) is 26.3 Å². The van der Waals surface area contributed by atoms with E-state index in [0.717, 1.165) is 38.0 Å². The average Bonchev–Trinajstić information content (AvgIpc) is 2.74. The monoisotopic (exact) mass is 454 g/mol. The zero-order valence-corrected chi connectivity index (χ0v) is 22.9. The molecule has 186 valence electrons. The van der Waals surface area contributed by atoms with Crippen molar-refractivity contribution in [2.45, 2.75) is 119 Å². The highest BCUT2D eigenvalue weighted by Crippen LogP contribution is 2.55. The van der Waals surface area contributed by atoms with Gasteiger partial charge in [-0.25, -0.2) is 4.79 Å². The highest BCUT2D eigenvalue weighted by Gasteiger charge is 2.53. The molecule has 0 N–H and O–H groups in total. The fraction of sp³-hybridized carbons (Fsp3) is 0.742. The van der Waals surface area contributed by atoms with Gasteiger partial charge in [0.05, 0.1) is 0 Å². The normalized spacial score (nSPS) is 28.6. The van der Waals surface area contributed by atoms with Crippen molar-refractivity contribution in [1.29, 1.82) is 0 Å². The third-order valence-corrected chi connectivity index (χ3v) is 8.95. The minimum atomic E-state index is -0.548. The van der Waals surface area contributed by atoms with Crippen LogP contribution in [0.2, 0.25) is 0 Å². The predicted octanol–water partition coefficient (Wildman–Crippen LogP) is 8.98. The minimum absolute atomic E-state index is 0.0551. The van der Waals surface area contributed by atoms with Gasteiger partial charge in [-0.05, 0) is 107 Å². The second-order valence-electron chi connectivity index (χ2n) is 12.3. The Morgan fingerprint density at radius 3 is 2.52 bits per heavy atom. The second-order valence-corrected chi connectivity index (χ2v) is 12.3. The summed E-state index contributed by atoms with van der Waals surface area (Å²) in [7, 11) is 0. The molecule has 0 aromatic heterocycles. The molecular formula is C31H50O2. The van der Waals surface area contributed by atoms with E-state index < -0.39 is 5.60 Å². The summed E-state index contributed by atoms with van der Waals surface area (Å²) < 4.78 is 6.29. The molecule has 0 heterocycles. The van der Waals surface area contributed by atoms with Gasteiger partial charge < -0.3 is 4.74 Å². The van der Waals surface area contributed by atoms with Crippen molar-refractivity contribution >= 4 is 5.97 Å². The zero-order valence-electron chi connectivity index (χ0n) is 22.9. The van der Waals surface area contributed by atoms with Crippen molar-refractivity contribution in [3.05, 3.63) is 41.7 Å². The lowest BCUT2D eigenvalue weighted by Crippen LogP contribution is -2.53. The third kappa shape index (κ3) is 6.98. The number of fused-ring (bicyclic) bond motifs is 5. The first-order chi connectivity index (χ1) is 15.4. The molecule has 2 nitrogen and oxygen atoms in total. The molecule has 1 fully saturated rings. The smallest absolute Gasteiger partial charge is 0.333 e. The molecule has 0 radical (unpaired) electrons. The molecule has 3 rings (SSSR count). The van der Waals surface area contributed by atoms with Crippen LogP contribution in [0.25, 0.3) is 0 Å². The number of carbonyl (C=O) groups is 1. The van der Waals surface area contributed by atoms with Crippen molar-refractivity contribution in [1.82, 2.24) is 0 Å². The quantitative estimate of drug-likeness (QED) is 0.150.